The van der Waals surface area contributed by atoms with Crippen LogP contribution in [0.25, 0.3) is 0 Å². The summed E-state index contributed by atoms with van der Waals surface area (Å²) in [6.07, 6.45) is 3.56. The smallest absolute Gasteiger partial charge is 0.239 e. The van der Waals surface area contributed by atoms with Crippen molar-refractivity contribution >= 4 is 11.8 Å². The maximum Gasteiger partial charge on any atom is 0.239 e. The Morgan fingerprint density at radius 1 is 1.18 bits per heavy atom. The SMILES string of the molecule is CCCNC(=O)CNC(=O)CC1CCNCC1. The molecule has 1 saturated heterocycles. The predicted octanol–water partition coefficient (Wildman–Crippen LogP) is 0.0185. The molecule has 0 saturated carbocycles. The van der Waals surface area contributed by atoms with E-state index in [1.165, 1.54) is 0 Å². The van der Waals surface area contributed by atoms with Crippen LogP contribution in [0.4, 0.5) is 0 Å². The molecule has 2 amide bonds. The zero-order valence-electron chi connectivity index (χ0n) is 10.6. The van der Waals surface area contributed by atoms with Gasteiger partial charge in [-0.25, -0.2) is 0 Å². The molecule has 0 aromatic carbocycles. The second-order valence-electron chi connectivity index (χ2n) is 4.52. The summed E-state index contributed by atoms with van der Waals surface area (Å²) in [6.45, 7) is 4.76. The summed E-state index contributed by atoms with van der Waals surface area (Å²) in [4.78, 5) is 22.8. The topological polar surface area (TPSA) is 70.2 Å². The number of carbonyl (C=O) groups is 2. The van der Waals surface area contributed by atoms with E-state index in [-0.39, 0.29) is 18.4 Å². The van der Waals surface area contributed by atoms with E-state index in [9.17, 15) is 9.59 Å². The lowest BCUT2D eigenvalue weighted by atomic mass is 9.94. The van der Waals surface area contributed by atoms with Crippen LogP contribution in [0.15, 0.2) is 0 Å². The van der Waals surface area contributed by atoms with Crippen molar-refractivity contribution in [1.29, 1.82) is 0 Å². The minimum Gasteiger partial charge on any atom is -0.355 e. The lowest BCUT2D eigenvalue weighted by molar-refractivity contribution is -0.126. The fraction of sp³-hybridized carbons (Fsp3) is 0.833. The summed E-state index contributed by atoms with van der Waals surface area (Å²) < 4.78 is 0. The van der Waals surface area contributed by atoms with Gasteiger partial charge >= 0.3 is 0 Å². The Morgan fingerprint density at radius 3 is 2.53 bits per heavy atom. The maximum atomic E-state index is 11.6. The van der Waals surface area contributed by atoms with Crippen molar-refractivity contribution in [1.82, 2.24) is 16.0 Å². The third kappa shape index (κ3) is 6.26. The second-order valence-corrected chi connectivity index (χ2v) is 4.52. The van der Waals surface area contributed by atoms with Crippen molar-refractivity contribution in [2.75, 3.05) is 26.2 Å². The highest BCUT2D eigenvalue weighted by atomic mass is 16.2. The van der Waals surface area contributed by atoms with E-state index in [1.807, 2.05) is 6.92 Å². The van der Waals surface area contributed by atoms with Crippen molar-refractivity contribution in [3.63, 3.8) is 0 Å². The van der Waals surface area contributed by atoms with Crippen LogP contribution in [0.1, 0.15) is 32.6 Å². The van der Waals surface area contributed by atoms with Crippen LogP contribution >= 0.6 is 0 Å². The van der Waals surface area contributed by atoms with Gasteiger partial charge in [-0.15, -0.1) is 0 Å². The number of carbonyl (C=O) groups excluding carboxylic acids is 2. The fourth-order valence-corrected chi connectivity index (χ4v) is 1.93. The van der Waals surface area contributed by atoms with Gasteiger partial charge < -0.3 is 16.0 Å². The molecule has 0 spiro atoms. The number of hydrogen-bond acceptors (Lipinski definition) is 3. The molecule has 0 unspecified atom stereocenters. The van der Waals surface area contributed by atoms with Crippen LogP contribution in [0.3, 0.4) is 0 Å². The third-order valence-corrected chi connectivity index (χ3v) is 2.95. The number of nitrogens with one attached hydrogen (secondary N) is 3. The normalized spacial score (nSPS) is 16.5. The van der Waals surface area contributed by atoms with E-state index in [0.717, 1.165) is 32.4 Å². The lowest BCUT2D eigenvalue weighted by Crippen LogP contribution is -2.38. The van der Waals surface area contributed by atoms with Gasteiger partial charge in [0, 0.05) is 13.0 Å². The molecule has 1 rings (SSSR count). The van der Waals surface area contributed by atoms with E-state index in [2.05, 4.69) is 16.0 Å². The lowest BCUT2D eigenvalue weighted by Gasteiger charge is -2.21. The maximum absolute atomic E-state index is 11.6. The monoisotopic (exact) mass is 241 g/mol. The number of rotatable bonds is 6. The van der Waals surface area contributed by atoms with Crippen LogP contribution < -0.4 is 16.0 Å². The van der Waals surface area contributed by atoms with Crippen molar-refractivity contribution in [2.45, 2.75) is 32.6 Å². The van der Waals surface area contributed by atoms with Crippen LogP contribution in [0.5, 0.6) is 0 Å². The highest BCUT2D eigenvalue weighted by Gasteiger charge is 2.16. The summed E-state index contributed by atoms with van der Waals surface area (Å²) in [5, 5.41) is 8.66. The Hall–Kier alpha value is -1.10. The highest BCUT2D eigenvalue weighted by molar-refractivity contribution is 5.84. The molecule has 1 aliphatic rings. The first-order chi connectivity index (χ1) is 8.22. The van der Waals surface area contributed by atoms with Gasteiger partial charge in [-0.2, -0.15) is 0 Å². The Kier molecular flexibility index (Phi) is 6.62. The van der Waals surface area contributed by atoms with Crippen molar-refractivity contribution in [2.24, 2.45) is 5.92 Å². The predicted molar refractivity (Wildman–Crippen MR) is 66.5 cm³/mol. The van der Waals surface area contributed by atoms with Crippen molar-refractivity contribution < 1.29 is 9.59 Å². The Bertz CT molecular complexity index is 250. The molecule has 0 atom stereocenters. The number of piperidine rings is 1. The average molecular weight is 241 g/mol. The van der Waals surface area contributed by atoms with Crippen LogP contribution in [-0.4, -0.2) is 38.0 Å². The zero-order chi connectivity index (χ0) is 12.5. The molecule has 98 valence electrons. The molecule has 0 radical (unpaired) electrons. The molecule has 1 fully saturated rings. The van der Waals surface area contributed by atoms with Gasteiger partial charge in [-0.05, 0) is 38.3 Å². The van der Waals surface area contributed by atoms with Crippen LogP contribution in [0, 0.1) is 5.92 Å². The number of hydrogen-bond donors (Lipinski definition) is 3. The van der Waals surface area contributed by atoms with Gasteiger partial charge in [0.25, 0.3) is 0 Å². The molecule has 0 aromatic rings. The first-order valence-electron chi connectivity index (χ1n) is 6.46. The Labute approximate surface area is 103 Å². The van der Waals surface area contributed by atoms with Crippen LogP contribution in [-0.2, 0) is 9.59 Å². The van der Waals surface area contributed by atoms with Crippen molar-refractivity contribution in [3.8, 4) is 0 Å². The molecule has 1 heterocycles. The van der Waals surface area contributed by atoms with Gasteiger partial charge in [0.2, 0.25) is 11.8 Å². The summed E-state index contributed by atoms with van der Waals surface area (Å²) in [5.41, 5.74) is 0. The highest BCUT2D eigenvalue weighted by Crippen LogP contribution is 2.15. The summed E-state index contributed by atoms with van der Waals surface area (Å²) in [6, 6.07) is 0. The Morgan fingerprint density at radius 2 is 1.88 bits per heavy atom. The van der Waals surface area contributed by atoms with Gasteiger partial charge in [0.1, 0.15) is 0 Å². The summed E-state index contributed by atoms with van der Waals surface area (Å²) in [7, 11) is 0. The molecular formula is C12H23N3O2. The fourth-order valence-electron chi connectivity index (χ4n) is 1.93. The first kappa shape index (κ1) is 14.0. The minimum atomic E-state index is -0.106. The second kappa shape index (κ2) is 8.06. The standard InChI is InChI=1S/C12H23N3O2/c1-2-5-14-12(17)9-15-11(16)8-10-3-6-13-7-4-10/h10,13H,2-9H2,1H3,(H,14,17)(H,15,16). The van der Waals surface area contributed by atoms with Gasteiger partial charge in [-0.3, -0.25) is 9.59 Å². The van der Waals surface area contributed by atoms with E-state index >= 15 is 0 Å². The van der Waals surface area contributed by atoms with E-state index in [0.29, 0.717) is 18.9 Å². The average Bonchev–Trinajstić information content (AvgIpc) is 2.35. The molecular weight excluding hydrogens is 218 g/mol. The van der Waals surface area contributed by atoms with E-state index in [4.69, 9.17) is 0 Å². The molecule has 0 bridgehead atoms. The van der Waals surface area contributed by atoms with E-state index in [1.54, 1.807) is 0 Å². The van der Waals surface area contributed by atoms with Crippen LogP contribution in [0.2, 0.25) is 0 Å². The molecule has 0 aromatic heterocycles. The molecule has 1 aliphatic heterocycles. The summed E-state index contributed by atoms with van der Waals surface area (Å²) >= 11 is 0. The molecule has 0 aliphatic carbocycles. The molecule has 5 nitrogen and oxygen atoms in total. The first-order valence-corrected chi connectivity index (χ1v) is 6.46. The minimum absolute atomic E-state index is 0.0106. The van der Waals surface area contributed by atoms with Gasteiger partial charge in [0.05, 0.1) is 6.54 Å². The molecule has 5 heteroatoms. The number of amides is 2. The third-order valence-electron chi connectivity index (χ3n) is 2.95. The van der Waals surface area contributed by atoms with Gasteiger partial charge in [-0.1, -0.05) is 6.92 Å². The van der Waals surface area contributed by atoms with Gasteiger partial charge in [0.15, 0.2) is 0 Å². The Balaban J connectivity index is 2.09. The molecule has 3 N–H and O–H groups in total. The largest absolute Gasteiger partial charge is 0.355 e. The molecule has 17 heavy (non-hydrogen) atoms. The zero-order valence-corrected chi connectivity index (χ0v) is 10.6. The van der Waals surface area contributed by atoms with Crippen molar-refractivity contribution in [3.05, 3.63) is 0 Å². The quantitative estimate of drug-likeness (QED) is 0.614. The summed E-state index contributed by atoms with van der Waals surface area (Å²) in [5.74, 6) is 0.351. The van der Waals surface area contributed by atoms with E-state index < -0.39 is 0 Å².